The van der Waals surface area contributed by atoms with Crippen LogP contribution in [0.25, 0.3) is 0 Å². The summed E-state index contributed by atoms with van der Waals surface area (Å²) < 4.78 is 0.777. The van der Waals surface area contributed by atoms with E-state index in [4.69, 9.17) is 11.6 Å². The van der Waals surface area contributed by atoms with E-state index >= 15 is 0 Å². The van der Waals surface area contributed by atoms with Gasteiger partial charge in [-0.15, -0.1) is 0 Å². The molecule has 17 heavy (non-hydrogen) atoms. The fraction of sp³-hybridized carbons (Fsp3) is 0.167. The standard InChI is InChI=1S/C12H9ClINO2/c1-6-7(2)12(17)15(11(6)16)10-4-3-8(13)5-9(10)14/h3-5H,1-2H3. The predicted octanol–water partition coefficient (Wildman–Crippen LogP) is 3.15. The van der Waals surface area contributed by atoms with Gasteiger partial charge in [-0.2, -0.15) is 0 Å². The number of nitrogens with zero attached hydrogens (tertiary/aromatic N) is 1. The maximum atomic E-state index is 12.0. The first kappa shape index (κ1) is 12.6. The van der Waals surface area contributed by atoms with Gasteiger partial charge in [0.1, 0.15) is 0 Å². The molecule has 0 bridgehead atoms. The second-order valence-electron chi connectivity index (χ2n) is 3.79. The molecule has 0 fully saturated rings. The van der Waals surface area contributed by atoms with E-state index in [1.807, 2.05) is 0 Å². The summed E-state index contributed by atoms with van der Waals surface area (Å²) >= 11 is 7.91. The molecule has 3 nitrogen and oxygen atoms in total. The third-order valence-electron chi connectivity index (χ3n) is 2.76. The van der Waals surface area contributed by atoms with Gasteiger partial charge in [0.15, 0.2) is 0 Å². The number of amides is 2. The molecular formula is C12H9ClINO2. The lowest BCUT2D eigenvalue weighted by atomic mass is 10.2. The summed E-state index contributed by atoms with van der Waals surface area (Å²) in [6.45, 7) is 3.33. The largest absolute Gasteiger partial charge is 0.269 e. The molecule has 1 aromatic rings. The number of halogens is 2. The third kappa shape index (κ3) is 1.99. The molecule has 1 aliphatic rings. The number of imide groups is 1. The first-order valence-corrected chi connectivity index (χ1v) is 6.40. The number of hydrogen-bond donors (Lipinski definition) is 0. The molecule has 0 aromatic heterocycles. The van der Waals surface area contributed by atoms with Gasteiger partial charge in [-0.25, -0.2) is 4.90 Å². The minimum absolute atomic E-state index is 0.257. The van der Waals surface area contributed by atoms with Crippen molar-refractivity contribution in [1.82, 2.24) is 0 Å². The van der Waals surface area contributed by atoms with Crippen LogP contribution in [0.3, 0.4) is 0 Å². The topological polar surface area (TPSA) is 37.4 Å². The zero-order valence-electron chi connectivity index (χ0n) is 9.25. The second kappa shape index (κ2) is 4.42. The summed E-state index contributed by atoms with van der Waals surface area (Å²) in [4.78, 5) is 25.1. The van der Waals surface area contributed by atoms with Crippen molar-refractivity contribution in [2.24, 2.45) is 0 Å². The van der Waals surface area contributed by atoms with E-state index in [0.717, 1.165) is 3.57 Å². The van der Waals surface area contributed by atoms with Crippen molar-refractivity contribution >= 4 is 51.7 Å². The summed E-state index contributed by atoms with van der Waals surface area (Å²) in [5, 5.41) is 0.582. The molecular weight excluding hydrogens is 352 g/mol. The van der Waals surface area contributed by atoms with Gasteiger partial charge in [0, 0.05) is 19.7 Å². The molecule has 0 atom stereocenters. The van der Waals surface area contributed by atoms with Crippen molar-refractivity contribution in [3.05, 3.63) is 37.9 Å². The predicted molar refractivity (Wildman–Crippen MR) is 75.0 cm³/mol. The Morgan fingerprint density at radius 1 is 1.12 bits per heavy atom. The molecule has 0 radical (unpaired) electrons. The van der Waals surface area contributed by atoms with Crippen LogP contribution in [0.15, 0.2) is 29.3 Å². The highest BCUT2D eigenvalue weighted by Gasteiger charge is 2.35. The van der Waals surface area contributed by atoms with Crippen LogP contribution in [0.5, 0.6) is 0 Å². The van der Waals surface area contributed by atoms with E-state index in [0.29, 0.717) is 21.9 Å². The third-order valence-corrected chi connectivity index (χ3v) is 3.86. The molecule has 0 aliphatic carbocycles. The zero-order chi connectivity index (χ0) is 12.7. The summed E-state index contributed by atoms with van der Waals surface area (Å²) in [5.41, 5.74) is 1.59. The van der Waals surface area contributed by atoms with E-state index in [1.54, 1.807) is 32.0 Å². The molecule has 1 heterocycles. The molecule has 0 unspecified atom stereocenters. The van der Waals surface area contributed by atoms with Crippen molar-refractivity contribution in [2.75, 3.05) is 4.90 Å². The highest BCUT2D eigenvalue weighted by atomic mass is 127. The maximum absolute atomic E-state index is 12.0. The van der Waals surface area contributed by atoms with E-state index in [-0.39, 0.29) is 11.8 Å². The van der Waals surface area contributed by atoms with Crippen molar-refractivity contribution in [1.29, 1.82) is 0 Å². The zero-order valence-corrected chi connectivity index (χ0v) is 12.2. The Morgan fingerprint density at radius 3 is 2.12 bits per heavy atom. The second-order valence-corrected chi connectivity index (χ2v) is 5.39. The van der Waals surface area contributed by atoms with Gasteiger partial charge in [-0.05, 0) is 54.6 Å². The van der Waals surface area contributed by atoms with E-state index < -0.39 is 0 Å². The van der Waals surface area contributed by atoms with Crippen LogP contribution in [-0.2, 0) is 9.59 Å². The first-order valence-electron chi connectivity index (χ1n) is 4.95. The Labute approximate surface area is 118 Å². The van der Waals surface area contributed by atoms with Crippen LogP contribution < -0.4 is 4.90 Å². The summed E-state index contributed by atoms with van der Waals surface area (Å²) in [6, 6.07) is 5.08. The van der Waals surface area contributed by atoms with Crippen LogP contribution in [0.1, 0.15) is 13.8 Å². The lowest BCUT2D eigenvalue weighted by Crippen LogP contribution is -2.31. The van der Waals surface area contributed by atoms with Crippen molar-refractivity contribution in [3.63, 3.8) is 0 Å². The van der Waals surface area contributed by atoms with Crippen LogP contribution in [-0.4, -0.2) is 11.8 Å². The molecule has 2 amide bonds. The summed E-state index contributed by atoms with van der Waals surface area (Å²) in [7, 11) is 0. The van der Waals surface area contributed by atoms with Gasteiger partial charge in [-0.3, -0.25) is 9.59 Å². The quantitative estimate of drug-likeness (QED) is 0.569. The molecule has 1 aliphatic heterocycles. The van der Waals surface area contributed by atoms with Crippen LogP contribution in [0.4, 0.5) is 5.69 Å². The van der Waals surface area contributed by atoms with E-state index in [2.05, 4.69) is 22.6 Å². The fourth-order valence-electron chi connectivity index (χ4n) is 1.63. The number of carbonyl (C=O) groups excluding carboxylic acids is 2. The first-order chi connectivity index (χ1) is 7.93. The highest BCUT2D eigenvalue weighted by Crippen LogP contribution is 2.31. The van der Waals surface area contributed by atoms with Gasteiger partial charge in [-0.1, -0.05) is 11.6 Å². The Balaban J connectivity index is 2.50. The number of carbonyl (C=O) groups is 2. The lowest BCUT2D eigenvalue weighted by Gasteiger charge is -2.16. The van der Waals surface area contributed by atoms with Crippen molar-refractivity contribution in [2.45, 2.75) is 13.8 Å². The van der Waals surface area contributed by atoms with Crippen LogP contribution >= 0.6 is 34.2 Å². The molecule has 0 saturated heterocycles. The SMILES string of the molecule is CC1=C(C)C(=O)N(c2ccc(Cl)cc2I)C1=O. The van der Waals surface area contributed by atoms with Crippen LogP contribution in [0, 0.1) is 3.57 Å². The minimum atomic E-state index is -0.257. The molecule has 0 N–H and O–H groups in total. The van der Waals surface area contributed by atoms with Crippen molar-refractivity contribution < 1.29 is 9.59 Å². The number of benzene rings is 1. The average Bonchev–Trinajstić information content (AvgIpc) is 2.45. The fourth-order valence-corrected chi connectivity index (χ4v) is 2.74. The highest BCUT2D eigenvalue weighted by molar-refractivity contribution is 14.1. The summed E-state index contributed by atoms with van der Waals surface area (Å²) in [6.07, 6.45) is 0. The molecule has 0 saturated carbocycles. The molecule has 1 aromatic carbocycles. The van der Waals surface area contributed by atoms with Crippen LogP contribution in [0.2, 0.25) is 5.02 Å². The smallest absolute Gasteiger partial charge is 0.261 e. The molecule has 2 rings (SSSR count). The Morgan fingerprint density at radius 2 is 1.65 bits per heavy atom. The monoisotopic (exact) mass is 361 g/mol. The van der Waals surface area contributed by atoms with Gasteiger partial charge < -0.3 is 0 Å². The number of anilines is 1. The van der Waals surface area contributed by atoms with Gasteiger partial charge in [0.25, 0.3) is 11.8 Å². The number of rotatable bonds is 1. The maximum Gasteiger partial charge on any atom is 0.261 e. The van der Waals surface area contributed by atoms with E-state index in [9.17, 15) is 9.59 Å². The number of hydrogen-bond acceptors (Lipinski definition) is 2. The van der Waals surface area contributed by atoms with Gasteiger partial charge >= 0.3 is 0 Å². The summed E-state index contributed by atoms with van der Waals surface area (Å²) in [5.74, 6) is -0.513. The minimum Gasteiger partial charge on any atom is -0.269 e. The average molecular weight is 362 g/mol. The van der Waals surface area contributed by atoms with E-state index in [1.165, 1.54) is 4.90 Å². The normalized spacial score (nSPS) is 16.1. The lowest BCUT2D eigenvalue weighted by molar-refractivity contribution is -0.120. The Kier molecular flexibility index (Phi) is 3.27. The van der Waals surface area contributed by atoms with Gasteiger partial charge in [0.05, 0.1) is 5.69 Å². The Bertz CT molecular complexity index is 542. The van der Waals surface area contributed by atoms with Crippen molar-refractivity contribution in [3.8, 4) is 0 Å². The molecule has 5 heteroatoms. The Hall–Kier alpha value is -0.880. The molecule has 88 valence electrons. The van der Waals surface area contributed by atoms with Gasteiger partial charge in [0.2, 0.25) is 0 Å². The molecule has 0 spiro atoms.